The van der Waals surface area contributed by atoms with Crippen molar-refractivity contribution in [3.05, 3.63) is 33.4 Å². The molecule has 0 saturated carbocycles. The van der Waals surface area contributed by atoms with Gasteiger partial charge in [-0.1, -0.05) is 18.2 Å². The van der Waals surface area contributed by atoms with Gasteiger partial charge in [0.2, 0.25) is 0 Å². The molecule has 0 aliphatic rings. The SMILES string of the molecule is Cc1cccc2c(S(=O)(=O)O)cc(I)c(O)c12. The molecule has 4 nitrogen and oxygen atoms in total. The van der Waals surface area contributed by atoms with Crippen LogP contribution >= 0.6 is 22.6 Å². The van der Waals surface area contributed by atoms with Crippen molar-refractivity contribution in [1.82, 2.24) is 0 Å². The summed E-state index contributed by atoms with van der Waals surface area (Å²) >= 11 is 1.83. The molecule has 90 valence electrons. The van der Waals surface area contributed by atoms with E-state index in [1.54, 1.807) is 25.1 Å². The average molecular weight is 364 g/mol. The monoisotopic (exact) mass is 364 g/mol. The Balaban J connectivity index is 3.09. The molecule has 0 radical (unpaired) electrons. The summed E-state index contributed by atoms with van der Waals surface area (Å²) in [6.45, 7) is 1.77. The topological polar surface area (TPSA) is 74.6 Å². The summed E-state index contributed by atoms with van der Waals surface area (Å²) < 4.78 is 32.2. The number of fused-ring (bicyclic) bond motifs is 1. The van der Waals surface area contributed by atoms with Crippen LogP contribution in [0.4, 0.5) is 0 Å². The second-order valence-corrected chi connectivity index (χ2v) is 6.23. The van der Waals surface area contributed by atoms with E-state index in [0.717, 1.165) is 5.56 Å². The molecule has 0 aliphatic heterocycles. The van der Waals surface area contributed by atoms with Crippen LogP contribution in [0.3, 0.4) is 0 Å². The lowest BCUT2D eigenvalue weighted by Gasteiger charge is -2.10. The van der Waals surface area contributed by atoms with Crippen LogP contribution in [0.5, 0.6) is 5.75 Å². The van der Waals surface area contributed by atoms with Gasteiger partial charge in [0.05, 0.1) is 3.57 Å². The van der Waals surface area contributed by atoms with E-state index in [2.05, 4.69) is 0 Å². The van der Waals surface area contributed by atoms with Crippen LogP contribution in [0.1, 0.15) is 5.56 Å². The van der Waals surface area contributed by atoms with Gasteiger partial charge in [0.15, 0.2) is 0 Å². The fourth-order valence-electron chi connectivity index (χ4n) is 1.78. The van der Waals surface area contributed by atoms with Crippen molar-refractivity contribution in [1.29, 1.82) is 0 Å². The number of phenols is 1. The van der Waals surface area contributed by atoms with Crippen LogP contribution in [0.25, 0.3) is 10.8 Å². The Morgan fingerprint density at radius 2 is 1.94 bits per heavy atom. The molecule has 0 fully saturated rings. The van der Waals surface area contributed by atoms with Gasteiger partial charge in [-0.2, -0.15) is 8.42 Å². The van der Waals surface area contributed by atoms with Crippen molar-refractivity contribution in [2.75, 3.05) is 0 Å². The molecule has 0 heterocycles. The van der Waals surface area contributed by atoms with Gasteiger partial charge in [0.1, 0.15) is 10.6 Å². The van der Waals surface area contributed by atoms with Crippen molar-refractivity contribution < 1.29 is 18.1 Å². The van der Waals surface area contributed by atoms with Crippen LogP contribution in [0.2, 0.25) is 0 Å². The Kier molecular flexibility index (Phi) is 3.04. The van der Waals surface area contributed by atoms with Gasteiger partial charge in [0, 0.05) is 10.8 Å². The maximum Gasteiger partial charge on any atom is 0.295 e. The minimum absolute atomic E-state index is 0.0334. The highest BCUT2D eigenvalue weighted by molar-refractivity contribution is 14.1. The number of hydrogen-bond donors (Lipinski definition) is 2. The third kappa shape index (κ3) is 2.12. The second kappa shape index (κ2) is 4.11. The van der Waals surface area contributed by atoms with Gasteiger partial charge in [-0.15, -0.1) is 0 Å². The summed E-state index contributed by atoms with van der Waals surface area (Å²) in [4.78, 5) is -0.182. The second-order valence-electron chi connectivity index (χ2n) is 3.68. The molecule has 0 saturated heterocycles. The Labute approximate surface area is 112 Å². The number of hydrogen-bond acceptors (Lipinski definition) is 3. The van der Waals surface area contributed by atoms with Crippen molar-refractivity contribution in [2.45, 2.75) is 11.8 Å². The van der Waals surface area contributed by atoms with Crippen LogP contribution < -0.4 is 0 Å². The fourth-order valence-corrected chi connectivity index (χ4v) is 3.29. The smallest absolute Gasteiger partial charge is 0.295 e. The first kappa shape index (κ1) is 12.6. The normalized spacial score (nSPS) is 11.9. The Hall–Kier alpha value is -0.860. The fraction of sp³-hybridized carbons (Fsp3) is 0.0909. The number of aromatic hydroxyl groups is 1. The number of halogens is 1. The van der Waals surface area contributed by atoms with E-state index in [1.807, 2.05) is 22.6 Å². The molecule has 2 aromatic rings. The van der Waals surface area contributed by atoms with Gasteiger partial charge < -0.3 is 5.11 Å². The standard InChI is InChI=1S/C11H9IO4S/c1-6-3-2-4-7-9(17(14,15)16)5-8(12)11(13)10(6)7/h2-5,13H,1H3,(H,14,15,16). The summed E-state index contributed by atoms with van der Waals surface area (Å²) in [6.07, 6.45) is 0. The van der Waals surface area contributed by atoms with Gasteiger partial charge in [0.25, 0.3) is 10.1 Å². The highest BCUT2D eigenvalue weighted by atomic mass is 127. The zero-order chi connectivity index (χ0) is 12.8. The van der Waals surface area contributed by atoms with Gasteiger partial charge >= 0.3 is 0 Å². The number of phenolic OH excluding ortho intramolecular Hbond substituents is 1. The predicted octanol–water partition coefficient (Wildman–Crippen LogP) is 2.71. The minimum atomic E-state index is -4.30. The van der Waals surface area contributed by atoms with Crippen molar-refractivity contribution in [2.24, 2.45) is 0 Å². The van der Waals surface area contributed by atoms with E-state index in [-0.39, 0.29) is 10.6 Å². The molecule has 0 aromatic heterocycles. The van der Waals surface area contributed by atoms with Gasteiger partial charge in [-0.05, 0) is 41.1 Å². The third-order valence-corrected chi connectivity index (χ3v) is 4.25. The maximum atomic E-state index is 11.3. The van der Waals surface area contributed by atoms with Crippen LogP contribution in [0.15, 0.2) is 29.2 Å². The van der Waals surface area contributed by atoms with E-state index in [4.69, 9.17) is 0 Å². The van der Waals surface area contributed by atoms with Crippen molar-refractivity contribution in [3.8, 4) is 5.75 Å². The largest absolute Gasteiger partial charge is 0.506 e. The van der Waals surface area contributed by atoms with Crippen LogP contribution in [0, 0.1) is 10.5 Å². The number of aryl methyl sites for hydroxylation is 1. The molecule has 0 bridgehead atoms. The minimum Gasteiger partial charge on any atom is -0.506 e. The molecular weight excluding hydrogens is 355 g/mol. The molecule has 6 heteroatoms. The van der Waals surface area contributed by atoms with Crippen molar-refractivity contribution in [3.63, 3.8) is 0 Å². The lowest BCUT2D eigenvalue weighted by atomic mass is 10.0. The van der Waals surface area contributed by atoms with E-state index in [1.165, 1.54) is 6.07 Å². The van der Waals surface area contributed by atoms with E-state index in [9.17, 15) is 18.1 Å². The predicted molar refractivity (Wildman–Crippen MR) is 72.9 cm³/mol. The zero-order valence-electron chi connectivity index (χ0n) is 8.81. The van der Waals surface area contributed by atoms with E-state index >= 15 is 0 Å². The van der Waals surface area contributed by atoms with Crippen LogP contribution in [-0.2, 0) is 10.1 Å². The third-order valence-electron chi connectivity index (χ3n) is 2.54. The number of rotatable bonds is 1. The zero-order valence-corrected chi connectivity index (χ0v) is 11.8. The van der Waals surface area contributed by atoms with Gasteiger partial charge in [-0.3, -0.25) is 4.55 Å². The first-order valence-electron chi connectivity index (χ1n) is 4.70. The molecule has 2 rings (SSSR count). The molecule has 0 atom stereocenters. The summed E-state index contributed by atoms with van der Waals surface area (Å²) in [7, 11) is -4.30. The molecule has 0 aliphatic carbocycles. The maximum absolute atomic E-state index is 11.3. The Morgan fingerprint density at radius 3 is 2.53 bits per heavy atom. The van der Waals surface area contributed by atoms with Crippen LogP contribution in [-0.4, -0.2) is 18.1 Å². The molecule has 2 aromatic carbocycles. The first-order chi connectivity index (χ1) is 7.82. The Bertz CT molecular complexity index is 707. The average Bonchev–Trinajstić information content (AvgIpc) is 2.21. The molecule has 0 unspecified atom stereocenters. The lowest BCUT2D eigenvalue weighted by molar-refractivity contribution is 0.475. The molecule has 0 spiro atoms. The molecule has 0 amide bonds. The summed E-state index contributed by atoms with van der Waals surface area (Å²) in [6, 6.07) is 6.26. The van der Waals surface area contributed by atoms with Crippen molar-refractivity contribution >= 4 is 43.5 Å². The first-order valence-corrected chi connectivity index (χ1v) is 7.22. The molecule has 2 N–H and O–H groups in total. The summed E-state index contributed by atoms with van der Waals surface area (Å²) in [5.41, 5.74) is 0.753. The summed E-state index contributed by atoms with van der Waals surface area (Å²) in [5, 5.41) is 10.7. The van der Waals surface area contributed by atoms with E-state index in [0.29, 0.717) is 14.3 Å². The quantitative estimate of drug-likeness (QED) is 0.603. The molecular formula is C11H9IO4S. The molecule has 17 heavy (non-hydrogen) atoms. The Morgan fingerprint density at radius 1 is 1.29 bits per heavy atom. The summed E-state index contributed by atoms with van der Waals surface area (Å²) in [5.74, 6) is 0.0334. The van der Waals surface area contributed by atoms with E-state index < -0.39 is 10.1 Å². The lowest BCUT2D eigenvalue weighted by Crippen LogP contribution is -2.00. The highest BCUT2D eigenvalue weighted by Crippen LogP contribution is 2.36. The highest BCUT2D eigenvalue weighted by Gasteiger charge is 2.19. The number of benzene rings is 2. The van der Waals surface area contributed by atoms with Gasteiger partial charge in [-0.25, -0.2) is 0 Å².